The van der Waals surface area contributed by atoms with Crippen LogP contribution in [-0.4, -0.2) is 63.2 Å². The van der Waals surface area contributed by atoms with Crippen LogP contribution in [0.4, 0.5) is 18.9 Å². The molecule has 0 saturated carbocycles. The van der Waals surface area contributed by atoms with Crippen molar-refractivity contribution in [1.29, 1.82) is 0 Å². The van der Waals surface area contributed by atoms with Crippen LogP contribution >= 0.6 is 0 Å². The van der Waals surface area contributed by atoms with Crippen LogP contribution < -0.4 is 10.3 Å². The van der Waals surface area contributed by atoms with Crippen molar-refractivity contribution in [3.63, 3.8) is 0 Å². The van der Waals surface area contributed by atoms with Crippen molar-refractivity contribution in [2.45, 2.75) is 35.9 Å². The summed E-state index contributed by atoms with van der Waals surface area (Å²) < 4.78 is 68.0. The molecule has 1 amide bonds. The highest BCUT2D eigenvalue weighted by molar-refractivity contribution is 7.93. The summed E-state index contributed by atoms with van der Waals surface area (Å²) in [5.74, 6) is -0.392. The van der Waals surface area contributed by atoms with E-state index in [1.807, 2.05) is 10.2 Å². The number of anilines is 1. The van der Waals surface area contributed by atoms with E-state index in [4.69, 9.17) is 0 Å². The fraction of sp³-hybridized carbons (Fsp3) is 0.280. The lowest BCUT2D eigenvalue weighted by atomic mass is 9.85. The summed E-state index contributed by atoms with van der Waals surface area (Å²) in [6.07, 6.45) is -2.52. The van der Waals surface area contributed by atoms with Gasteiger partial charge in [0.15, 0.2) is 0 Å². The van der Waals surface area contributed by atoms with Crippen LogP contribution in [0, 0.1) is 0 Å². The number of aromatic amines is 2. The lowest BCUT2D eigenvalue weighted by Gasteiger charge is -2.38. The molecule has 0 radical (unpaired) electrons. The first-order valence-electron chi connectivity index (χ1n) is 12.1. The summed E-state index contributed by atoms with van der Waals surface area (Å²) in [6, 6.07) is 10.3. The van der Waals surface area contributed by atoms with Gasteiger partial charge in [-0.1, -0.05) is 6.07 Å². The Balaban J connectivity index is 1.24. The molecular formula is C25H23F3N6O5S. The molecule has 2 aromatic heterocycles. The van der Waals surface area contributed by atoms with E-state index in [1.165, 1.54) is 47.6 Å². The monoisotopic (exact) mass is 576 g/mol. The highest BCUT2D eigenvalue weighted by atomic mass is 32.2. The van der Waals surface area contributed by atoms with Gasteiger partial charge in [-0.15, -0.1) is 0 Å². The van der Waals surface area contributed by atoms with Crippen LogP contribution in [-0.2, 0) is 22.6 Å². The van der Waals surface area contributed by atoms with E-state index < -0.39 is 50.9 Å². The Bertz CT molecular complexity index is 1720. The van der Waals surface area contributed by atoms with Gasteiger partial charge in [-0.25, -0.2) is 8.42 Å². The van der Waals surface area contributed by atoms with E-state index >= 15 is 0 Å². The quantitative estimate of drug-likeness (QED) is 0.274. The number of H-pyrrole nitrogens is 2. The summed E-state index contributed by atoms with van der Waals surface area (Å²) >= 11 is 0. The Kier molecular flexibility index (Phi) is 6.87. The maximum Gasteiger partial charge on any atom is 0.433 e. The second-order valence-corrected chi connectivity index (χ2v) is 11.1. The number of nitrogens with zero attached hydrogens (tertiary/aromatic N) is 3. The minimum Gasteiger partial charge on any atom is -0.389 e. The molecule has 40 heavy (non-hydrogen) atoms. The first-order chi connectivity index (χ1) is 18.9. The average molecular weight is 577 g/mol. The van der Waals surface area contributed by atoms with Crippen molar-refractivity contribution in [1.82, 2.24) is 25.1 Å². The van der Waals surface area contributed by atoms with Crippen LogP contribution in [0.3, 0.4) is 0 Å². The second-order valence-electron chi connectivity index (χ2n) is 9.49. The molecule has 1 aliphatic rings. The number of amides is 1. The molecule has 0 aliphatic carbocycles. The number of piperidine rings is 1. The third-order valence-electron chi connectivity index (χ3n) is 6.78. The van der Waals surface area contributed by atoms with Gasteiger partial charge in [0.1, 0.15) is 16.1 Å². The van der Waals surface area contributed by atoms with Gasteiger partial charge in [0, 0.05) is 43.2 Å². The van der Waals surface area contributed by atoms with E-state index in [2.05, 4.69) is 14.7 Å². The number of sulfonamides is 1. The maximum absolute atomic E-state index is 13.2. The smallest absolute Gasteiger partial charge is 0.389 e. The Morgan fingerprint density at radius 3 is 2.40 bits per heavy atom. The van der Waals surface area contributed by atoms with Gasteiger partial charge >= 0.3 is 6.18 Å². The predicted molar refractivity (Wildman–Crippen MR) is 137 cm³/mol. The number of carbonyl (C=O) groups excluding carboxylic acids is 1. The lowest BCUT2D eigenvalue weighted by molar-refractivity contribution is -0.142. The van der Waals surface area contributed by atoms with Crippen molar-refractivity contribution < 1.29 is 31.5 Å². The SMILES string of the molecule is O=C(c1ccc(NS(=O)(=O)c2cccc3nccnc23)cc1)N1CCC(O)(Cc2c(C(F)(F)F)[nH][nH]c2=O)CC1. The molecule has 0 unspecified atom stereocenters. The van der Waals surface area contributed by atoms with Crippen LogP contribution in [0.5, 0.6) is 0 Å². The molecule has 3 heterocycles. The Hall–Kier alpha value is -4.24. The highest BCUT2D eigenvalue weighted by Gasteiger charge is 2.41. The molecular weight excluding hydrogens is 553 g/mol. The Morgan fingerprint density at radius 1 is 1.05 bits per heavy atom. The number of fused-ring (bicyclic) bond motifs is 1. The molecule has 4 aromatic rings. The van der Waals surface area contributed by atoms with Crippen molar-refractivity contribution >= 4 is 32.7 Å². The highest BCUT2D eigenvalue weighted by Crippen LogP contribution is 2.33. The minimum atomic E-state index is -4.79. The number of halogens is 3. The first kappa shape index (κ1) is 27.3. The fourth-order valence-corrected chi connectivity index (χ4v) is 5.91. The largest absolute Gasteiger partial charge is 0.433 e. The molecule has 5 rings (SSSR count). The van der Waals surface area contributed by atoms with Gasteiger partial charge in [-0.3, -0.25) is 34.5 Å². The summed E-state index contributed by atoms with van der Waals surface area (Å²) in [4.78, 5) is 34.5. The van der Waals surface area contributed by atoms with Gasteiger partial charge in [0.25, 0.3) is 21.5 Å². The topological polar surface area (TPSA) is 161 Å². The van der Waals surface area contributed by atoms with Gasteiger partial charge in [-0.2, -0.15) is 13.2 Å². The number of para-hydroxylation sites is 1. The summed E-state index contributed by atoms with van der Waals surface area (Å²) in [7, 11) is -4.02. The number of nitrogens with one attached hydrogen (secondary N) is 3. The average Bonchev–Trinajstić information content (AvgIpc) is 3.28. The number of rotatable bonds is 6. The van der Waals surface area contributed by atoms with Crippen molar-refractivity contribution in [2.75, 3.05) is 17.8 Å². The van der Waals surface area contributed by atoms with Crippen LogP contribution in [0.1, 0.15) is 34.5 Å². The number of carbonyl (C=O) groups is 1. The van der Waals surface area contributed by atoms with Crippen molar-refractivity contribution in [2.24, 2.45) is 0 Å². The molecule has 1 aliphatic heterocycles. The summed E-state index contributed by atoms with van der Waals surface area (Å²) in [5.41, 5.74) is -3.26. The molecule has 4 N–H and O–H groups in total. The van der Waals surface area contributed by atoms with E-state index in [0.29, 0.717) is 5.52 Å². The van der Waals surface area contributed by atoms with Crippen molar-refractivity contribution in [3.8, 4) is 0 Å². The van der Waals surface area contributed by atoms with Gasteiger partial charge in [0.05, 0.1) is 16.7 Å². The minimum absolute atomic E-state index is 0.0353. The third-order valence-corrected chi connectivity index (χ3v) is 8.20. The second kappa shape index (κ2) is 10.1. The normalized spacial score (nSPS) is 15.8. The fourth-order valence-electron chi connectivity index (χ4n) is 4.68. The molecule has 0 bridgehead atoms. The number of aliphatic hydroxyl groups is 1. The number of alkyl halides is 3. The molecule has 2 aromatic carbocycles. The number of hydrogen-bond acceptors (Lipinski definition) is 7. The molecule has 11 nitrogen and oxygen atoms in total. The molecule has 0 atom stereocenters. The molecule has 210 valence electrons. The standard InChI is InChI=1S/C25H23F3N6O5S/c26-25(27,28)21-17(22(35)32-31-21)14-24(37)8-12-34(13-9-24)23(36)15-4-6-16(7-5-15)33-40(38,39)19-3-1-2-18-20(19)30-11-10-29-18/h1-7,10-11,33,37H,8-9,12-14H2,(H2,31,32,35). The number of likely N-dealkylation sites (tertiary alicyclic amines) is 1. The number of benzene rings is 2. The third kappa shape index (κ3) is 5.42. The van der Waals surface area contributed by atoms with Gasteiger partial charge < -0.3 is 10.0 Å². The number of aromatic nitrogens is 4. The van der Waals surface area contributed by atoms with E-state index in [1.54, 1.807) is 12.1 Å². The zero-order valence-electron chi connectivity index (χ0n) is 20.7. The van der Waals surface area contributed by atoms with E-state index in [0.717, 1.165) is 0 Å². The Morgan fingerprint density at radius 2 is 1.73 bits per heavy atom. The Labute approximate surface area is 225 Å². The zero-order chi connectivity index (χ0) is 28.7. The first-order valence-corrected chi connectivity index (χ1v) is 13.6. The molecule has 1 fully saturated rings. The molecule has 0 spiro atoms. The predicted octanol–water partition coefficient (Wildman–Crippen LogP) is 2.68. The van der Waals surface area contributed by atoms with Crippen LogP contribution in [0.15, 0.2) is 64.5 Å². The summed E-state index contributed by atoms with van der Waals surface area (Å²) in [6.45, 7) is 0.102. The maximum atomic E-state index is 13.2. The van der Waals surface area contributed by atoms with E-state index in [-0.39, 0.29) is 47.6 Å². The molecule has 15 heteroatoms. The molecule has 1 saturated heterocycles. The van der Waals surface area contributed by atoms with Gasteiger partial charge in [0.2, 0.25) is 0 Å². The van der Waals surface area contributed by atoms with Crippen LogP contribution in [0.2, 0.25) is 0 Å². The van der Waals surface area contributed by atoms with Crippen molar-refractivity contribution in [3.05, 3.63) is 82.0 Å². The number of hydrogen-bond donors (Lipinski definition) is 4. The van der Waals surface area contributed by atoms with E-state index in [9.17, 15) is 36.3 Å². The van der Waals surface area contributed by atoms with Gasteiger partial charge in [-0.05, 0) is 49.2 Å². The zero-order valence-corrected chi connectivity index (χ0v) is 21.5. The lowest BCUT2D eigenvalue weighted by Crippen LogP contribution is -2.48. The van der Waals surface area contributed by atoms with Crippen LogP contribution in [0.25, 0.3) is 11.0 Å². The summed E-state index contributed by atoms with van der Waals surface area (Å²) in [5, 5.41) is 14.6.